The summed E-state index contributed by atoms with van der Waals surface area (Å²) in [5, 5.41) is 2.68. The zero-order chi connectivity index (χ0) is 23.8. The van der Waals surface area contributed by atoms with Gasteiger partial charge in [0.15, 0.2) is 0 Å². The molecule has 174 valence electrons. The smallest absolute Gasteiger partial charge is 0.387 e. The first-order valence-corrected chi connectivity index (χ1v) is 11.4. The van der Waals surface area contributed by atoms with E-state index in [4.69, 9.17) is 4.74 Å². The Balaban J connectivity index is 1.58. The van der Waals surface area contributed by atoms with E-state index in [1.54, 1.807) is 36.4 Å². The quantitative estimate of drug-likeness (QED) is 0.452. The van der Waals surface area contributed by atoms with Crippen molar-refractivity contribution < 1.29 is 31.5 Å². The maximum Gasteiger partial charge on any atom is 0.387 e. The summed E-state index contributed by atoms with van der Waals surface area (Å²) in [5.41, 5.74) is 1.33. The highest BCUT2D eigenvalue weighted by molar-refractivity contribution is 7.92. The van der Waals surface area contributed by atoms with E-state index in [0.29, 0.717) is 23.6 Å². The molecule has 0 saturated carbocycles. The van der Waals surface area contributed by atoms with E-state index in [0.717, 1.165) is 0 Å². The number of carbonyl (C=O) groups excluding carboxylic acids is 1. The van der Waals surface area contributed by atoms with Crippen LogP contribution >= 0.6 is 0 Å². The highest BCUT2D eigenvalue weighted by Gasteiger charge is 2.15. The topological polar surface area (TPSA) is 93.7 Å². The molecule has 0 saturated heterocycles. The fourth-order valence-electron chi connectivity index (χ4n) is 2.86. The maximum atomic E-state index is 12.6. The summed E-state index contributed by atoms with van der Waals surface area (Å²) in [5.74, 6) is 0.246. The van der Waals surface area contributed by atoms with Gasteiger partial charge in [-0.25, -0.2) is 8.42 Å². The van der Waals surface area contributed by atoms with Gasteiger partial charge in [0.25, 0.3) is 15.9 Å². The molecule has 0 heterocycles. The maximum absolute atomic E-state index is 12.6. The molecule has 33 heavy (non-hydrogen) atoms. The molecular weight excluding hydrogens is 454 g/mol. The van der Waals surface area contributed by atoms with Crippen molar-refractivity contribution in [1.82, 2.24) is 5.32 Å². The number of amides is 1. The lowest BCUT2D eigenvalue weighted by molar-refractivity contribution is -0.0498. The lowest BCUT2D eigenvalue weighted by Gasteiger charge is -2.10. The van der Waals surface area contributed by atoms with Crippen molar-refractivity contribution in [2.75, 3.05) is 11.3 Å². The third-order valence-corrected chi connectivity index (χ3v) is 5.84. The summed E-state index contributed by atoms with van der Waals surface area (Å²) in [6, 6.07) is 17.9. The second-order valence-corrected chi connectivity index (χ2v) is 8.47. The van der Waals surface area contributed by atoms with Crippen molar-refractivity contribution >= 4 is 21.6 Å². The van der Waals surface area contributed by atoms with Crippen LogP contribution in [-0.2, 0) is 16.6 Å². The van der Waals surface area contributed by atoms with Crippen LogP contribution in [0.15, 0.2) is 77.7 Å². The highest BCUT2D eigenvalue weighted by atomic mass is 32.2. The van der Waals surface area contributed by atoms with E-state index in [2.05, 4.69) is 14.8 Å². The van der Waals surface area contributed by atoms with Gasteiger partial charge in [0.2, 0.25) is 0 Å². The van der Waals surface area contributed by atoms with Gasteiger partial charge in [-0.1, -0.05) is 12.1 Å². The molecule has 0 bridgehead atoms. The number of carbonyl (C=O) groups is 1. The molecule has 0 aromatic heterocycles. The van der Waals surface area contributed by atoms with Crippen LogP contribution in [0.1, 0.15) is 22.8 Å². The molecular formula is C23H22F2N2O5S. The van der Waals surface area contributed by atoms with Crippen molar-refractivity contribution in [2.24, 2.45) is 0 Å². The number of hydrogen-bond donors (Lipinski definition) is 2. The van der Waals surface area contributed by atoms with Crippen molar-refractivity contribution in [3.05, 3.63) is 83.9 Å². The van der Waals surface area contributed by atoms with Crippen molar-refractivity contribution in [1.29, 1.82) is 0 Å². The number of benzene rings is 3. The molecule has 0 aliphatic rings. The average molecular weight is 477 g/mol. The first-order valence-electron chi connectivity index (χ1n) is 9.94. The van der Waals surface area contributed by atoms with Gasteiger partial charge in [-0.2, -0.15) is 8.78 Å². The predicted molar refractivity (Wildman–Crippen MR) is 119 cm³/mol. The van der Waals surface area contributed by atoms with E-state index >= 15 is 0 Å². The molecule has 0 atom stereocenters. The Hall–Kier alpha value is -3.66. The summed E-state index contributed by atoms with van der Waals surface area (Å²) < 4.78 is 61.7. The summed E-state index contributed by atoms with van der Waals surface area (Å²) >= 11 is 0. The monoisotopic (exact) mass is 476 g/mol. The van der Waals surface area contributed by atoms with E-state index in [-0.39, 0.29) is 22.8 Å². The molecule has 10 heteroatoms. The van der Waals surface area contributed by atoms with Crippen LogP contribution in [0, 0.1) is 0 Å². The molecule has 3 aromatic carbocycles. The number of ether oxygens (including phenoxy) is 2. The Morgan fingerprint density at radius 1 is 0.909 bits per heavy atom. The Bertz CT molecular complexity index is 1170. The number of hydrogen-bond acceptors (Lipinski definition) is 5. The van der Waals surface area contributed by atoms with Crippen LogP contribution in [0.4, 0.5) is 14.5 Å². The van der Waals surface area contributed by atoms with Gasteiger partial charge in [-0.05, 0) is 73.2 Å². The zero-order valence-corrected chi connectivity index (χ0v) is 18.4. The summed E-state index contributed by atoms with van der Waals surface area (Å²) in [6.07, 6.45) is 0. The standard InChI is InChI=1S/C23H22F2N2O5S/c1-2-31-19-11-7-18(8-12-19)27-33(29,30)21-13-5-17(6-14-21)22(28)26-15-16-3-9-20(10-4-16)32-23(24)25/h3-14,23,27H,2,15H2,1H3,(H,26,28). The molecule has 7 nitrogen and oxygen atoms in total. The molecule has 0 unspecified atom stereocenters. The lowest BCUT2D eigenvalue weighted by Crippen LogP contribution is -2.23. The summed E-state index contributed by atoms with van der Waals surface area (Å²) in [4.78, 5) is 12.4. The highest BCUT2D eigenvalue weighted by Crippen LogP contribution is 2.20. The van der Waals surface area contributed by atoms with Gasteiger partial charge in [-0.3, -0.25) is 9.52 Å². The first-order chi connectivity index (χ1) is 15.8. The fraction of sp³-hybridized carbons (Fsp3) is 0.174. The molecule has 0 fully saturated rings. The number of rotatable bonds is 10. The number of sulfonamides is 1. The minimum atomic E-state index is -3.84. The lowest BCUT2D eigenvalue weighted by atomic mass is 10.2. The zero-order valence-electron chi connectivity index (χ0n) is 17.6. The second-order valence-electron chi connectivity index (χ2n) is 6.79. The molecule has 3 rings (SSSR count). The molecule has 0 aliphatic carbocycles. The SMILES string of the molecule is CCOc1ccc(NS(=O)(=O)c2ccc(C(=O)NCc3ccc(OC(F)F)cc3)cc2)cc1. The normalized spacial score (nSPS) is 11.2. The van der Waals surface area contributed by atoms with Gasteiger partial charge in [0, 0.05) is 17.8 Å². The first kappa shape index (κ1) is 24.0. The number of anilines is 1. The molecule has 0 aliphatic heterocycles. The molecule has 3 aromatic rings. The minimum absolute atomic E-state index is 0.00236. The van der Waals surface area contributed by atoms with E-state index in [1.165, 1.54) is 36.4 Å². The Morgan fingerprint density at radius 2 is 1.52 bits per heavy atom. The second kappa shape index (κ2) is 10.8. The number of nitrogens with one attached hydrogen (secondary N) is 2. The van der Waals surface area contributed by atoms with Crippen LogP contribution < -0.4 is 19.5 Å². The van der Waals surface area contributed by atoms with Gasteiger partial charge < -0.3 is 14.8 Å². The predicted octanol–water partition coefficient (Wildman–Crippen LogP) is 4.42. The Morgan fingerprint density at radius 3 is 2.09 bits per heavy atom. The van der Waals surface area contributed by atoms with E-state index < -0.39 is 22.5 Å². The van der Waals surface area contributed by atoms with Crippen molar-refractivity contribution in [3.8, 4) is 11.5 Å². The Kier molecular flexibility index (Phi) is 7.83. The largest absolute Gasteiger partial charge is 0.494 e. The van der Waals surface area contributed by atoms with Gasteiger partial charge in [-0.15, -0.1) is 0 Å². The summed E-state index contributed by atoms with van der Waals surface area (Å²) in [7, 11) is -3.84. The minimum Gasteiger partial charge on any atom is -0.494 e. The van der Waals surface area contributed by atoms with Crippen LogP contribution in [0.2, 0.25) is 0 Å². The van der Waals surface area contributed by atoms with Gasteiger partial charge in [0.1, 0.15) is 11.5 Å². The molecule has 0 spiro atoms. The summed E-state index contributed by atoms with van der Waals surface area (Å²) in [6.45, 7) is -0.384. The third-order valence-electron chi connectivity index (χ3n) is 4.45. The van der Waals surface area contributed by atoms with Crippen LogP contribution in [0.25, 0.3) is 0 Å². The fourth-order valence-corrected chi connectivity index (χ4v) is 3.92. The van der Waals surface area contributed by atoms with E-state index in [1.807, 2.05) is 6.92 Å². The molecule has 2 N–H and O–H groups in total. The van der Waals surface area contributed by atoms with E-state index in [9.17, 15) is 22.0 Å². The van der Waals surface area contributed by atoms with Crippen LogP contribution in [0.3, 0.4) is 0 Å². The third kappa shape index (κ3) is 6.91. The van der Waals surface area contributed by atoms with Gasteiger partial charge in [0.05, 0.1) is 11.5 Å². The molecule has 0 radical (unpaired) electrons. The average Bonchev–Trinajstić information content (AvgIpc) is 2.79. The van der Waals surface area contributed by atoms with Crippen molar-refractivity contribution in [3.63, 3.8) is 0 Å². The number of alkyl halides is 2. The van der Waals surface area contributed by atoms with Crippen molar-refractivity contribution in [2.45, 2.75) is 25.0 Å². The van der Waals surface area contributed by atoms with Crippen LogP contribution in [-0.4, -0.2) is 27.5 Å². The Labute approximate surface area is 190 Å². The van der Waals surface area contributed by atoms with Gasteiger partial charge >= 0.3 is 6.61 Å². The molecule has 1 amide bonds. The number of halogens is 2. The van der Waals surface area contributed by atoms with Crippen LogP contribution in [0.5, 0.6) is 11.5 Å².